The quantitative estimate of drug-likeness (QED) is 0.458. The number of aryl methyl sites for hydroxylation is 1. The summed E-state index contributed by atoms with van der Waals surface area (Å²) in [4.78, 5) is 29.8. The van der Waals surface area contributed by atoms with Crippen molar-refractivity contribution in [1.82, 2.24) is 4.98 Å². The second kappa shape index (κ2) is 9.41. The van der Waals surface area contributed by atoms with Gasteiger partial charge in [-0.15, -0.1) is 11.8 Å². The van der Waals surface area contributed by atoms with E-state index in [-0.39, 0.29) is 11.3 Å². The zero-order chi connectivity index (χ0) is 20.8. The van der Waals surface area contributed by atoms with E-state index in [0.717, 1.165) is 4.90 Å². The van der Waals surface area contributed by atoms with E-state index in [1.165, 1.54) is 11.8 Å². The number of rotatable bonds is 6. The lowest BCUT2D eigenvalue weighted by molar-refractivity contribution is -0.119. The molecule has 1 heterocycles. The zero-order valence-electron chi connectivity index (χ0n) is 15.4. The van der Waals surface area contributed by atoms with Gasteiger partial charge in [0.1, 0.15) is 0 Å². The van der Waals surface area contributed by atoms with Gasteiger partial charge in [-0.05, 0) is 43.3 Å². The third kappa shape index (κ3) is 5.25. The number of nitriles is 1. The van der Waals surface area contributed by atoms with E-state index in [2.05, 4.69) is 10.3 Å². The Morgan fingerprint density at radius 1 is 1.24 bits per heavy atom. The third-order valence-electron chi connectivity index (χ3n) is 3.98. The molecule has 0 aliphatic heterocycles. The number of thioether (sulfide) groups is 1. The summed E-state index contributed by atoms with van der Waals surface area (Å²) < 4.78 is 5.16. The Labute approximate surface area is 176 Å². The largest absolute Gasteiger partial charge is 0.452 e. The molecule has 1 N–H and O–H groups in total. The van der Waals surface area contributed by atoms with Crippen molar-refractivity contribution in [3.63, 3.8) is 0 Å². The molecule has 0 bridgehead atoms. The molecule has 0 fully saturated rings. The molecular formula is C21H16ClN3O3S. The number of amides is 1. The molecule has 6 nitrogen and oxygen atoms in total. The first-order valence-corrected chi connectivity index (χ1v) is 9.97. The smallest absolute Gasteiger partial charge is 0.340 e. The summed E-state index contributed by atoms with van der Waals surface area (Å²) >= 11 is 7.31. The number of ether oxygens (including phenoxy) is 1. The van der Waals surface area contributed by atoms with Gasteiger partial charge in [0.15, 0.2) is 6.61 Å². The number of benzene rings is 2. The minimum atomic E-state index is -0.640. The summed E-state index contributed by atoms with van der Waals surface area (Å²) in [5.74, 6) is -0.850. The van der Waals surface area contributed by atoms with Crippen molar-refractivity contribution >= 4 is 51.8 Å². The highest BCUT2D eigenvalue weighted by molar-refractivity contribution is 7.99. The summed E-state index contributed by atoms with van der Waals surface area (Å²) in [7, 11) is 0. The van der Waals surface area contributed by atoms with Crippen LogP contribution in [0.2, 0.25) is 5.02 Å². The number of halogens is 1. The molecule has 0 radical (unpaired) electrons. The SMILES string of the molecule is Cc1nc2ccc(Cl)cc2cc1C(=O)OCC(=O)Nc1ccccc1SCC#N. The summed E-state index contributed by atoms with van der Waals surface area (Å²) in [5.41, 5.74) is 2.06. The average molecular weight is 426 g/mol. The number of carbonyl (C=O) groups excluding carboxylic acids is 2. The second-order valence-corrected chi connectivity index (χ2v) is 7.48. The van der Waals surface area contributed by atoms with Crippen LogP contribution in [0.4, 0.5) is 5.69 Å². The van der Waals surface area contributed by atoms with Gasteiger partial charge in [0.25, 0.3) is 5.91 Å². The lowest BCUT2D eigenvalue weighted by atomic mass is 10.1. The van der Waals surface area contributed by atoms with E-state index in [4.69, 9.17) is 21.6 Å². The first-order valence-electron chi connectivity index (χ1n) is 8.60. The third-order valence-corrected chi connectivity index (χ3v) is 5.15. The number of nitrogens with one attached hydrogen (secondary N) is 1. The summed E-state index contributed by atoms with van der Waals surface area (Å²) in [6.45, 7) is 1.26. The number of esters is 1. The lowest BCUT2D eigenvalue weighted by Gasteiger charge is -2.11. The number of hydrogen-bond donors (Lipinski definition) is 1. The molecule has 0 spiro atoms. The molecule has 0 aliphatic carbocycles. The highest BCUT2D eigenvalue weighted by Gasteiger charge is 2.16. The van der Waals surface area contributed by atoms with Gasteiger partial charge < -0.3 is 10.1 Å². The van der Waals surface area contributed by atoms with Gasteiger partial charge in [-0.2, -0.15) is 5.26 Å². The van der Waals surface area contributed by atoms with E-state index < -0.39 is 18.5 Å². The molecule has 3 rings (SSSR count). The monoisotopic (exact) mass is 425 g/mol. The van der Waals surface area contributed by atoms with Crippen LogP contribution in [0.3, 0.4) is 0 Å². The van der Waals surface area contributed by atoms with E-state index in [1.807, 2.05) is 12.1 Å². The Morgan fingerprint density at radius 3 is 2.83 bits per heavy atom. The van der Waals surface area contributed by atoms with Crippen LogP contribution in [0.25, 0.3) is 10.9 Å². The first kappa shape index (κ1) is 20.6. The predicted molar refractivity (Wildman–Crippen MR) is 113 cm³/mol. The van der Waals surface area contributed by atoms with Crippen molar-refractivity contribution in [3.8, 4) is 6.07 Å². The molecule has 0 atom stereocenters. The fourth-order valence-corrected chi connectivity index (χ4v) is 3.50. The van der Waals surface area contributed by atoms with Gasteiger partial charge in [-0.1, -0.05) is 23.7 Å². The van der Waals surface area contributed by atoms with E-state index in [1.54, 1.807) is 49.4 Å². The maximum absolute atomic E-state index is 12.4. The summed E-state index contributed by atoms with van der Waals surface area (Å²) in [6, 6.07) is 16.0. The van der Waals surface area contributed by atoms with Gasteiger partial charge in [0.2, 0.25) is 0 Å². The molecule has 29 heavy (non-hydrogen) atoms. The summed E-state index contributed by atoms with van der Waals surface area (Å²) in [5, 5.41) is 12.7. The molecule has 1 amide bonds. The molecule has 3 aromatic rings. The standard InChI is InChI=1S/C21H16ClN3O3S/c1-13-16(11-14-10-15(22)6-7-17(14)24-13)21(27)28-12-20(26)25-18-4-2-3-5-19(18)29-9-8-23/h2-7,10-11H,9,12H2,1H3,(H,25,26). The topological polar surface area (TPSA) is 92.1 Å². The number of fused-ring (bicyclic) bond motifs is 1. The summed E-state index contributed by atoms with van der Waals surface area (Å²) in [6.07, 6.45) is 0. The number of para-hydroxylation sites is 1. The van der Waals surface area contributed by atoms with Gasteiger partial charge in [0.05, 0.1) is 34.3 Å². The number of anilines is 1. The number of pyridine rings is 1. The van der Waals surface area contributed by atoms with Crippen LogP contribution in [0.15, 0.2) is 53.4 Å². The highest BCUT2D eigenvalue weighted by atomic mass is 35.5. The minimum Gasteiger partial charge on any atom is -0.452 e. The van der Waals surface area contributed by atoms with Crippen molar-refractivity contribution < 1.29 is 14.3 Å². The van der Waals surface area contributed by atoms with Crippen molar-refractivity contribution in [1.29, 1.82) is 5.26 Å². The van der Waals surface area contributed by atoms with Gasteiger partial charge in [0, 0.05) is 15.3 Å². The minimum absolute atomic E-state index is 0.264. The Balaban J connectivity index is 1.67. The fraction of sp³-hybridized carbons (Fsp3) is 0.143. The van der Waals surface area contributed by atoms with Gasteiger partial charge in [-0.3, -0.25) is 9.78 Å². The number of hydrogen-bond acceptors (Lipinski definition) is 6. The van der Waals surface area contributed by atoms with Crippen LogP contribution in [-0.4, -0.2) is 29.2 Å². The van der Waals surface area contributed by atoms with Gasteiger partial charge >= 0.3 is 5.97 Å². The number of carbonyl (C=O) groups is 2. The number of nitrogens with zero attached hydrogens (tertiary/aromatic N) is 2. The maximum atomic E-state index is 12.4. The van der Waals surface area contributed by atoms with E-state index >= 15 is 0 Å². The molecule has 1 aromatic heterocycles. The van der Waals surface area contributed by atoms with Crippen LogP contribution < -0.4 is 5.32 Å². The Morgan fingerprint density at radius 2 is 2.03 bits per heavy atom. The predicted octanol–water partition coefficient (Wildman–Crippen LogP) is 4.61. The Kier molecular flexibility index (Phi) is 6.70. The van der Waals surface area contributed by atoms with Crippen molar-refractivity contribution in [3.05, 3.63) is 64.8 Å². The lowest BCUT2D eigenvalue weighted by Crippen LogP contribution is -2.21. The fourth-order valence-electron chi connectivity index (χ4n) is 2.65. The molecule has 0 saturated heterocycles. The van der Waals surface area contributed by atoms with Crippen molar-refractivity contribution in [2.24, 2.45) is 0 Å². The second-order valence-electron chi connectivity index (χ2n) is 6.03. The van der Waals surface area contributed by atoms with Gasteiger partial charge in [-0.25, -0.2) is 4.79 Å². The van der Waals surface area contributed by atoms with Crippen LogP contribution in [-0.2, 0) is 9.53 Å². The Bertz CT molecular complexity index is 1130. The maximum Gasteiger partial charge on any atom is 0.340 e. The average Bonchev–Trinajstić information content (AvgIpc) is 2.71. The first-order chi connectivity index (χ1) is 14.0. The molecule has 0 unspecified atom stereocenters. The van der Waals surface area contributed by atoms with E-state index in [9.17, 15) is 9.59 Å². The van der Waals surface area contributed by atoms with Crippen molar-refractivity contribution in [2.45, 2.75) is 11.8 Å². The van der Waals surface area contributed by atoms with Crippen molar-refractivity contribution in [2.75, 3.05) is 17.7 Å². The molecule has 146 valence electrons. The van der Waals surface area contributed by atoms with Crippen LogP contribution in [0, 0.1) is 18.3 Å². The van der Waals surface area contributed by atoms with E-state index in [0.29, 0.717) is 27.3 Å². The van der Waals surface area contributed by atoms with Crippen LogP contribution >= 0.6 is 23.4 Å². The molecule has 0 saturated carbocycles. The van der Waals surface area contributed by atoms with Crippen LogP contribution in [0.5, 0.6) is 0 Å². The molecule has 8 heteroatoms. The zero-order valence-corrected chi connectivity index (χ0v) is 17.0. The highest BCUT2D eigenvalue weighted by Crippen LogP contribution is 2.26. The normalized spacial score (nSPS) is 10.4. The number of aromatic nitrogens is 1. The Hall–Kier alpha value is -3.08. The molecule has 2 aromatic carbocycles. The molecule has 0 aliphatic rings. The van der Waals surface area contributed by atoms with Crippen LogP contribution in [0.1, 0.15) is 16.1 Å². The molecular weight excluding hydrogens is 410 g/mol.